The third kappa shape index (κ3) is 32.1. The smallest absolute Gasteiger partial charge is 0.408 e. The van der Waals surface area contributed by atoms with Crippen LogP contribution in [0.4, 0.5) is 9.59 Å². The second kappa shape index (κ2) is 32.2. The molecule has 0 radical (unpaired) electrons. The number of aliphatic imine (C=N–C) groups is 1. The van der Waals surface area contributed by atoms with Gasteiger partial charge >= 0.3 is 12.2 Å². The van der Waals surface area contributed by atoms with Crippen molar-refractivity contribution in [1.82, 2.24) is 16.0 Å². The van der Waals surface area contributed by atoms with Crippen LogP contribution in [0.25, 0.3) is 0 Å². The number of nitrogens with one attached hydrogen (secondary N) is 3. The molecule has 0 saturated carbocycles. The number of ether oxygens (including phenoxy) is 2. The minimum absolute atomic E-state index is 0.0148. The number of aliphatic hydroxyl groups excluding tert-OH is 2. The Morgan fingerprint density at radius 2 is 1.24 bits per heavy atom. The number of rotatable bonds is 27. The molecule has 2 amide bonds. The molecular formula is C19H38N4O8S6. The maximum absolute atomic E-state index is 11.6. The van der Waals surface area contributed by atoms with Gasteiger partial charge in [-0.15, -0.1) is 70.6 Å². The maximum Gasteiger partial charge on any atom is 0.408 e. The molecule has 0 rings (SSSR count). The molecule has 0 bridgehead atoms. The molecule has 0 aromatic rings. The molecular weight excluding hydrogens is 605 g/mol. The van der Waals surface area contributed by atoms with Gasteiger partial charge in [-0.3, -0.25) is 5.32 Å². The number of thioether (sulfide) groups is 6. The number of hydrogen-bond acceptors (Lipinski definition) is 16. The highest BCUT2D eigenvalue weighted by Gasteiger charge is 2.02. The number of nitrogens with zero attached hydrogens (tertiary/aromatic N) is 1. The van der Waals surface area contributed by atoms with Crippen molar-refractivity contribution in [3.8, 4) is 0 Å². The topological polar surface area (TPSA) is 160 Å². The Balaban J connectivity index is 3.21. The van der Waals surface area contributed by atoms with E-state index in [-0.39, 0.29) is 26.4 Å². The fourth-order valence-corrected chi connectivity index (χ4v) is 6.81. The molecule has 218 valence electrons. The van der Waals surface area contributed by atoms with Crippen LogP contribution in [0, 0.1) is 0 Å². The first-order valence-electron chi connectivity index (χ1n) is 11.2. The van der Waals surface area contributed by atoms with E-state index >= 15 is 0 Å². The van der Waals surface area contributed by atoms with E-state index in [4.69, 9.17) is 14.9 Å². The highest BCUT2D eigenvalue weighted by atomic mass is 32.2. The van der Waals surface area contributed by atoms with Crippen molar-refractivity contribution in [3.05, 3.63) is 0 Å². The summed E-state index contributed by atoms with van der Waals surface area (Å²) in [5.41, 5.74) is 0. The first kappa shape index (κ1) is 37.0. The largest absolute Gasteiger partial charge is 0.447 e. The first-order valence-corrected chi connectivity index (χ1v) is 18.1. The SMILES string of the molecule is O=C(NCSCCSCNCSCCSCOC(=O)NCSCCSC/N=C\OOCCO)OCCO. The number of carbonyl (C=O) groups is 2. The summed E-state index contributed by atoms with van der Waals surface area (Å²) in [7, 11) is 0. The van der Waals surface area contributed by atoms with Crippen molar-refractivity contribution >= 4 is 89.2 Å². The molecule has 0 saturated heterocycles. The van der Waals surface area contributed by atoms with Crippen molar-refractivity contribution in [2.75, 3.05) is 96.3 Å². The van der Waals surface area contributed by atoms with Gasteiger partial charge in [-0.2, -0.15) is 4.89 Å². The molecule has 0 aliphatic heterocycles. The Morgan fingerprint density at radius 3 is 1.86 bits per heavy atom. The van der Waals surface area contributed by atoms with Crippen LogP contribution in [0.3, 0.4) is 0 Å². The molecule has 0 aliphatic rings. The van der Waals surface area contributed by atoms with E-state index in [0.717, 1.165) is 46.3 Å². The van der Waals surface area contributed by atoms with Gasteiger partial charge < -0.3 is 35.2 Å². The maximum atomic E-state index is 11.6. The van der Waals surface area contributed by atoms with Gasteiger partial charge in [-0.05, 0) is 0 Å². The second-order valence-electron chi connectivity index (χ2n) is 6.10. The number of amides is 2. The predicted molar refractivity (Wildman–Crippen MR) is 161 cm³/mol. The molecule has 37 heavy (non-hydrogen) atoms. The monoisotopic (exact) mass is 642 g/mol. The molecule has 0 atom stereocenters. The number of carbonyl (C=O) groups excluding carboxylic acids is 2. The Bertz CT molecular complexity index is 561. The minimum atomic E-state index is -0.504. The lowest BCUT2D eigenvalue weighted by Gasteiger charge is -2.07. The van der Waals surface area contributed by atoms with Crippen LogP contribution in [0.5, 0.6) is 0 Å². The lowest BCUT2D eigenvalue weighted by atomic mass is 10.8. The molecule has 12 nitrogen and oxygen atoms in total. The zero-order valence-corrected chi connectivity index (χ0v) is 25.5. The summed E-state index contributed by atoms with van der Waals surface area (Å²) in [5, 5.41) is 25.7. The molecule has 0 aromatic carbocycles. The highest BCUT2D eigenvalue weighted by molar-refractivity contribution is 8.03. The van der Waals surface area contributed by atoms with Gasteiger partial charge in [-0.25, -0.2) is 14.6 Å². The van der Waals surface area contributed by atoms with Crippen molar-refractivity contribution in [2.24, 2.45) is 4.99 Å². The third-order valence-electron chi connectivity index (χ3n) is 3.29. The molecule has 0 unspecified atom stereocenters. The summed E-state index contributed by atoms with van der Waals surface area (Å²) in [5.74, 6) is 9.18. The van der Waals surface area contributed by atoms with E-state index in [9.17, 15) is 9.59 Å². The Morgan fingerprint density at radius 1 is 0.703 bits per heavy atom. The van der Waals surface area contributed by atoms with E-state index in [1.165, 1.54) is 6.40 Å². The van der Waals surface area contributed by atoms with E-state index in [0.29, 0.717) is 23.6 Å². The Hall–Kier alpha value is -0.0500. The molecule has 0 aromatic heterocycles. The van der Waals surface area contributed by atoms with Crippen molar-refractivity contribution in [1.29, 1.82) is 0 Å². The lowest BCUT2D eigenvalue weighted by molar-refractivity contribution is -0.221. The van der Waals surface area contributed by atoms with E-state index in [1.54, 1.807) is 70.6 Å². The lowest BCUT2D eigenvalue weighted by Crippen LogP contribution is -2.25. The zero-order chi connectivity index (χ0) is 27.1. The predicted octanol–water partition coefficient (Wildman–Crippen LogP) is 2.13. The van der Waals surface area contributed by atoms with Crippen LogP contribution in [0.2, 0.25) is 0 Å². The summed E-state index contributed by atoms with van der Waals surface area (Å²) in [6.45, 7) is -0.145. The Kier molecular flexibility index (Phi) is 32.1. The number of aliphatic hydroxyl groups is 2. The normalized spacial score (nSPS) is 11.0. The third-order valence-corrected chi connectivity index (χ3v) is 9.15. The van der Waals surface area contributed by atoms with E-state index < -0.39 is 12.2 Å². The molecule has 0 spiro atoms. The standard InChI is InChI=1S/C19H38N4O8S6/c24-1-3-28-18(26)22-15-35-8-6-33-13-21-14-34-9-10-37-17-29-19(27)23-16-36-7-5-32-12-20-11-31-30-4-2-25/h11,21,24-25H,1-10,12-17H2,(H,22,26)(H,23,27)/b20-11-. The van der Waals surface area contributed by atoms with Crippen LogP contribution in [0.1, 0.15) is 0 Å². The highest BCUT2D eigenvalue weighted by Crippen LogP contribution is 2.09. The summed E-state index contributed by atoms with van der Waals surface area (Å²) in [4.78, 5) is 35.9. The van der Waals surface area contributed by atoms with Crippen LogP contribution in [-0.4, -0.2) is 125 Å². The number of alkyl carbamates (subject to hydrolysis) is 2. The van der Waals surface area contributed by atoms with Gasteiger partial charge in [0.25, 0.3) is 0 Å². The van der Waals surface area contributed by atoms with Gasteiger partial charge in [0.2, 0.25) is 6.40 Å². The second-order valence-corrected chi connectivity index (χ2v) is 12.6. The van der Waals surface area contributed by atoms with Crippen molar-refractivity contribution in [2.45, 2.75) is 0 Å². The fraction of sp³-hybridized carbons (Fsp3) is 0.842. The first-order chi connectivity index (χ1) is 18.2. The zero-order valence-electron chi connectivity index (χ0n) is 20.6. The Labute approximate surface area is 244 Å². The van der Waals surface area contributed by atoms with Crippen LogP contribution in [0.15, 0.2) is 4.99 Å². The average molecular weight is 643 g/mol. The average Bonchev–Trinajstić information content (AvgIpc) is 2.90. The van der Waals surface area contributed by atoms with Crippen LogP contribution >= 0.6 is 70.6 Å². The van der Waals surface area contributed by atoms with Gasteiger partial charge in [0.05, 0.1) is 30.8 Å². The van der Waals surface area contributed by atoms with E-state index in [1.807, 2.05) is 0 Å². The van der Waals surface area contributed by atoms with Gasteiger partial charge in [0.1, 0.15) is 19.2 Å². The molecule has 0 heterocycles. The number of hydrogen-bond donors (Lipinski definition) is 5. The van der Waals surface area contributed by atoms with E-state index in [2.05, 4.69) is 35.5 Å². The summed E-state index contributed by atoms with van der Waals surface area (Å²) in [6.07, 6.45) is 0.298. The minimum Gasteiger partial charge on any atom is -0.447 e. The summed E-state index contributed by atoms with van der Waals surface area (Å²) in [6, 6.07) is 0. The molecule has 0 aliphatic carbocycles. The fourth-order valence-electron chi connectivity index (χ4n) is 1.74. The van der Waals surface area contributed by atoms with Crippen molar-refractivity contribution < 1.29 is 39.1 Å². The van der Waals surface area contributed by atoms with Gasteiger partial charge in [0, 0.05) is 46.3 Å². The van der Waals surface area contributed by atoms with Crippen LogP contribution in [-0.2, 0) is 19.2 Å². The quantitative estimate of drug-likeness (QED) is 0.0221. The molecule has 18 heteroatoms. The summed E-state index contributed by atoms with van der Waals surface area (Å²) < 4.78 is 9.82. The van der Waals surface area contributed by atoms with Gasteiger partial charge in [0.15, 0.2) is 0 Å². The molecule has 0 fully saturated rings. The summed E-state index contributed by atoms with van der Waals surface area (Å²) >= 11 is 10.0. The van der Waals surface area contributed by atoms with Crippen LogP contribution < -0.4 is 16.0 Å². The van der Waals surface area contributed by atoms with Gasteiger partial charge in [-0.1, -0.05) is 0 Å². The molecule has 5 N–H and O–H groups in total. The van der Waals surface area contributed by atoms with Crippen molar-refractivity contribution in [3.63, 3.8) is 0 Å².